The van der Waals surface area contributed by atoms with Gasteiger partial charge in [-0.15, -0.1) is 0 Å². The van der Waals surface area contributed by atoms with E-state index in [0.717, 1.165) is 22.2 Å². The third-order valence-electron chi connectivity index (χ3n) is 3.30. The molecule has 0 N–H and O–H groups in total. The van der Waals surface area contributed by atoms with Crippen molar-refractivity contribution in [3.63, 3.8) is 0 Å². The van der Waals surface area contributed by atoms with Gasteiger partial charge in [-0.1, -0.05) is 18.2 Å². The van der Waals surface area contributed by atoms with Crippen molar-refractivity contribution in [1.29, 1.82) is 0 Å². The highest BCUT2D eigenvalue weighted by molar-refractivity contribution is 5.88. The van der Waals surface area contributed by atoms with Crippen molar-refractivity contribution >= 4 is 16.9 Å². The summed E-state index contributed by atoms with van der Waals surface area (Å²) >= 11 is 0. The number of hydrogen-bond donors (Lipinski definition) is 0. The first-order chi connectivity index (χ1) is 10.3. The lowest BCUT2D eigenvalue weighted by molar-refractivity contribution is -0.153. The van der Waals surface area contributed by atoms with Crippen molar-refractivity contribution in [2.75, 3.05) is 13.7 Å². The predicted octanol–water partition coefficient (Wildman–Crippen LogP) is 2.88. The second-order valence-corrected chi connectivity index (χ2v) is 6.38. The van der Waals surface area contributed by atoms with Gasteiger partial charge in [-0.3, -0.25) is 9.48 Å². The van der Waals surface area contributed by atoms with Gasteiger partial charge >= 0.3 is 5.97 Å². The zero-order chi connectivity index (χ0) is 16.3. The van der Waals surface area contributed by atoms with Crippen LogP contribution in [0.3, 0.4) is 0 Å². The Morgan fingerprint density at radius 3 is 2.68 bits per heavy atom. The fourth-order valence-electron chi connectivity index (χ4n) is 2.49. The van der Waals surface area contributed by atoms with Crippen LogP contribution in [0.5, 0.6) is 0 Å². The van der Waals surface area contributed by atoms with Crippen LogP contribution in [-0.4, -0.2) is 35.1 Å². The third kappa shape index (κ3) is 3.85. The number of aromatic nitrogens is 2. The summed E-state index contributed by atoms with van der Waals surface area (Å²) in [5, 5.41) is 5.62. The molecule has 0 amide bonds. The van der Waals surface area contributed by atoms with Crippen LogP contribution in [0.4, 0.5) is 0 Å². The molecule has 5 nitrogen and oxygen atoms in total. The summed E-state index contributed by atoms with van der Waals surface area (Å²) in [6.07, 6.45) is 0.243. The van der Waals surface area contributed by atoms with Crippen LogP contribution in [-0.2, 0) is 27.2 Å². The molecular weight excluding hydrogens is 280 g/mol. The zero-order valence-corrected chi connectivity index (χ0v) is 14.0. The number of fused-ring (bicyclic) bond motifs is 1. The van der Waals surface area contributed by atoms with Crippen molar-refractivity contribution < 1.29 is 14.3 Å². The molecule has 0 unspecified atom stereocenters. The minimum absolute atomic E-state index is 0.225. The second kappa shape index (κ2) is 6.48. The summed E-state index contributed by atoms with van der Waals surface area (Å²) in [6, 6.07) is 5.94. The van der Waals surface area contributed by atoms with Crippen LogP contribution in [0.15, 0.2) is 18.2 Å². The van der Waals surface area contributed by atoms with Crippen molar-refractivity contribution in [2.24, 2.45) is 0 Å². The maximum absolute atomic E-state index is 12.1. The van der Waals surface area contributed by atoms with E-state index in [4.69, 9.17) is 9.47 Å². The molecule has 0 aliphatic carbocycles. The highest BCUT2D eigenvalue weighted by Gasteiger charge is 2.19. The molecule has 5 heteroatoms. The zero-order valence-electron chi connectivity index (χ0n) is 14.0. The van der Waals surface area contributed by atoms with E-state index in [2.05, 4.69) is 5.10 Å². The Labute approximate surface area is 131 Å². The van der Waals surface area contributed by atoms with E-state index in [-0.39, 0.29) is 12.4 Å². The van der Waals surface area contributed by atoms with E-state index in [1.54, 1.807) is 7.11 Å². The van der Waals surface area contributed by atoms with Gasteiger partial charge in [0.1, 0.15) is 5.60 Å². The van der Waals surface area contributed by atoms with Gasteiger partial charge in [0.25, 0.3) is 0 Å². The molecule has 0 saturated carbocycles. The third-order valence-corrected chi connectivity index (χ3v) is 3.30. The number of esters is 1. The Morgan fingerprint density at radius 2 is 2.05 bits per heavy atom. The lowest BCUT2D eigenvalue weighted by atomic mass is 10.1. The molecule has 1 aromatic carbocycles. The summed E-state index contributed by atoms with van der Waals surface area (Å²) in [6.45, 7) is 8.83. The Hall–Kier alpha value is -1.88. The van der Waals surface area contributed by atoms with E-state index in [1.807, 2.05) is 50.6 Å². The van der Waals surface area contributed by atoms with Gasteiger partial charge in [-0.2, -0.15) is 5.10 Å². The first kappa shape index (κ1) is 16.5. The van der Waals surface area contributed by atoms with Crippen LogP contribution in [0, 0.1) is 6.92 Å². The Balaban J connectivity index is 2.35. The number of nitrogens with zero attached hydrogens (tertiary/aromatic N) is 2. The van der Waals surface area contributed by atoms with E-state index >= 15 is 0 Å². The topological polar surface area (TPSA) is 53.4 Å². The molecule has 0 atom stereocenters. The van der Waals surface area contributed by atoms with Crippen molar-refractivity contribution in [3.8, 4) is 0 Å². The van der Waals surface area contributed by atoms with Gasteiger partial charge in [-0.25, -0.2) is 0 Å². The number of ether oxygens (including phenoxy) is 2. The maximum Gasteiger partial charge on any atom is 0.310 e. The smallest absolute Gasteiger partial charge is 0.310 e. The number of rotatable bonds is 5. The number of carbonyl (C=O) groups is 1. The highest BCUT2D eigenvalue weighted by atomic mass is 16.6. The predicted molar refractivity (Wildman–Crippen MR) is 85.9 cm³/mol. The molecule has 1 heterocycles. The monoisotopic (exact) mass is 304 g/mol. The van der Waals surface area contributed by atoms with Crippen molar-refractivity contribution in [3.05, 3.63) is 29.5 Å². The van der Waals surface area contributed by atoms with Gasteiger partial charge in [0.2, 0.25) is 0 Å². The number of para-hydroxylation sites is 1. The molecular formula is C17H24N2O3. The molecule has 0 bridgehead atoms. The highest BCUT2D eigenvalue weighted by Crippen LogP contribution is 2.23. The van der Waals surface area contributed by atoms with E-state index in [0.29, 0.717) is 13.2 Å². The fourth-order valence-corrected chi connectivity index (χ4v) is 2.49. The number of methoxy groups -OCH3 is 1. The number of carbonyl (C=O) groups excluding carboxylic acids is 1. The SMILES string of the molecule is COCCn1nc(C)c2cccc(CC(=O)OC(C)(C)C)c21. The van der Waals surface area contributed by atoms with Crippen LogP contribution in [0.1, 0.15) is 32.0 Å². The average molecular weight is 304 g/mol. The van der Waals surface area contributed by atoms with Crippen molar-refractivity contribution in [1.82, 2.24) is 9.78 Å². The summed E-state index contributed by atoms with van der Waals surface area (Å²) < 4.78 is 12.5. The van der Waals surface area contributed by atoms with Crippen LogP contribution in [0.2, 0.25) is 0 Å². The standard InChI is InChI=1S/C17H24N2O3/c1-12-14-8-6-7-13(11-15(20)22-17(2,3)4)16(14)19(18-12)9-10-21-5/h6-8H,9-11H2,1-5H3. The normalized spacial score (nSPS) is 11.9. The molecule has 2 aromatic rings. The summed E-state index contributed by atoms with van der Waals surface area (Å²) in [4.78, 5) is 12.1. The Kier molecular flexibility index (Phi) is 4.86. The molecule has 0 spiro atoms. The quantitative estimate of drug-likeness (QED) is 0.797. The number of benzene rings is 1. The lowest BCUT2D eigenvalue weighted by Crippen LogP contribution is -2.25. The fraction of sp³-hybridized carbons (Fsp3) is 0.529. The molecule has 0 aliphatic rings. The average Bonchev–Trinajstić information content (AvgIpc) is 2.72. The Morgan fingerprint density at radius 1 is 1.32 bits per heavy atom. The van der Waals surface area contributed by atoms with Gasteiger partial charge in [0.15, 0.2) is 0 Å². The summed E-state index contributed by atoms with van der Waals surface area (Å²) in [7, 11) is 1.67. The van der Waals surface area contributed by atoms with Gasteiger partial charge < -0.3 is 9.47 Å². The van der Waals surface area contributed by atoms with Crippen LogP contribution < -0.4 is 0 Å². The minimum Gasteiger partial charge on any atom is -0.460 e. The van der Waals surface area contributed by atoms with E-state index in [9.17, 15) is 4.79 Å². The van der Waals surface area contributed by atoms with Gasteiger partial charge in [0.05, 0.1) is 30.8 Å². The molecule has 120 valence electrons. The molecule has 1 aromatic heterocycles. The molecule has 0 radical (unpaired) electrons. The summed E-state index contributed by atoms with van der Waals surface area (Å²) in [5.74, 6) is -0.225. The largest absolute Gasteiger partial charge is 0.460 e. The van der Waals surface area contributed by atoms with Crippen LogP contribution >= 0.6 is 0 Å². The lowest BCUT2D eigenvalue weighted by Gasteiger charge is -2.19. The second-order valence-electron chi connectivity index (χ2n) is 6.38. The molecule has 0 saturated heterocycles. The molecule has 0 fully saturated rings. The first-order valence-electron chi connectivity index (χ1n) is 7.47. The minimum atomic E-state index is -0.475. The van der Waals surface area contributed by atoms with Gasteiger partial charge in [-0.05, 0) is 33.3 Å². The maximum atomic E-state index is 12.1. The van der Waals surface area contributed by atoms with E-state index < -0.39 is 5.60 Å². The van der Waals surface area contributed by atoms with Crippen molar-refractivity contribution in [2.45, 2.75) is 46.3 Å². The molecule has 2 rings (SSSR count). The summed E-state index contributed by atoms with van der Waals surface area (Å²) in [5.41, 5.74) is 2.40. The first-order valence-corrected chi connectivity index (χ1v) is 7.47. The Bertz CT molecular complexity index is 668. The van der Waals surface area contributed by atoms with E-state index in [1.165, 1.54) is 0 Å². The number of aryl methyl sites for hydroxylation is 1. The molecule has 0 aliphatic heterocycles. The van der Waals surface area contributed by atoms with Gasteiger partial charge in [0, 0.05) is 12.5 Å². The van der Waals surface area contributed by atoms with Crippen LogP contribution in [0.25, 0.3) is 10.9 Å². The number of hydrogen-bond acceptors (Lipinski definition) is 4. The molecule has 22 heavy (non-hydrogen) atoms.